The third-order valence-electron chi connectivity index (χ3n) is 4.14. The summed E-state index contributed by atoms with van der Waals surface area (Å²) in [4.78, 5) is 4.54. The van der Waals surface area contributed by atoms with E-state index in [4.69, 9.17) is 10.5 Å². The molecule has 0 radical (unpaired) electrons. The lowest BCUT2D eigenvalue weighted by Gasteiger charge is -2.22. The van der Waals surface area contributed by atoms with Gasteiger partial charge in [0, 0.05) is 18.0 Å². The molecule has 1 aliphatic rings. The second kappa shape index (κ2) is 6.23. The lowest BCUT2D eigenvalue weighted by Crippen LogP contribution is -2.15. The summed E-state index contributed by atoms with van der Waals surface area (Å²) in [6, 6.07) is 10.1. The summed E-state index contributed by atoms with van der Waals surface area (Å²) in [5, 5.41) is 1.08. The van der Waals surface area contributed by atoms with E-state index in [1.807, 2.05) is 24.3 Å². The van der Waals surface area contributed by atoms with Crippen LogP contribution in [-0.4, -0.2) is 11.6 Å². The number of pyridine rings is 1. The molecular weight excluding hydrogens is 248 g/mol. The molecule has 0 saturated heterocycles. The van der Waals surface area contributed by atoms with Crippen LogP contribution in [-0.2, 0) is 6.54 Å². The Hall–Kier alpha value is -1.61. The summed E-state index contributed by atoms with van der Waals surface area (Å²) in [6.45, 7) is 1.27. The zero-order valence-electron chi connectivity index (χ0n) is 11.8. The fourth-order valence-electron chi connectivity index (χ4n) is 2.98. The van der Waals surface area contributed by atoms with Crippen LogP contribution in [0.2, 0.25) is 0 Å². The lowest BCUT2D eigenvalue weighted by atomic mass is 9.90. The number of nitrogens with zero attached hydrogens (tertiary/aromatic N) is 1. The Bertz CT molecular complexity index is 576. The summed E-state index contributed by atoms with van der Waals surface area (Å²) in [5.41, 5.74) is 7.59. The molecule has 20 heavy (non-hydrogen) atoms. The highest BCUT2D eigenvalue weighted by Gasteiger charge is 2.15. The molecule has 1 aromatic carbocycles. The third kappa shape index (κ3) is 2.93. The van der Waals surface area contributed by atoms with E-state index in [9.17, 15) is 0 Å². The monoisotopic (exact) mass is 270 g/mol. The molecule has 0 spiro atoms. The molecule has 1 heterocycles. The second-order valence-corrected chi connectivity index (χ2v) is 5.65. The number of hydrogen-bond donors (Lipinski definition) is 1. The number of rotatable bonds is 4. The number of hydrogen-bond acceptors (Lipinski definition) is 3. The van der Waals surface area contributed by atoms with Gasteiger partial charge in [0.15, 0.2) is 0 Å². The van der Waals surface area contributed by atoms with Crippen molar-refractivity contribution in [3.8, 4) is 5.75 Å². The van der Waals surface area contributed by atoms with Crippen molar-refractivity contribution in [3.63, 3.8) is 0 Å². The van der Waals surface area contributed by atoms with Crippen molar-refractivity contribution in [1.29, 1.82) is 0 Å². The van der Waals surface area contributed by atoms with Gasteiger partial charge < -0.3 is 10.5 Å². The predicted molar refractivity (Wildman–Crippen MR) is 81.7 cm³/mol. The van der Waals surface area contributed by atoms with Crippen molar-refractivity contribution < 1.29 is 4.74 Å². The normalized spacial score (nSPS) is 16.4. The van der Waals surface area contributed by atoms with E-state index in [-0.39, 0.29) is 0 Å². The zero-order chi connectivity index (χ0) is 13.8. The molecule has 1 fully saturated rings. The molecule has 3 nitrogen and oxygen atoms in total. The standard InChI is InChI=1S/C17H22N2O/c18-11-14-10-17(15-8-4-5-9-16(15)19-14)20-12-13-6-2-1-3-7-13/h4-5,8-10,13H,1-3,6-7,11-12,18H2. The average Bonchev–Trinajstić information content (AvgIpc) is 2.53. The summed E-state index contributed by atoms with van der Waals surface area (Å²) >= 11 is 0. The molecule has 0 amide bonds. The second-order valence-electron chi connectivity index (χ2n) is 5.65. The van der Waals surface area contributed by atoms with Crippen LogP contribution in [0.3, 0.4) is 0 Å². The van der Waals surface area contributed by atoms with Crippen LogP contribution in [0.5, 0.6) is 5.75 Å². The molecule has 2 aromatic rings. The van der Waals surface area contributed by atoms with Crippen molar-refractivity contribution in [1.82, 2.24) is 4.98 Å². The van der Waals surface area contributed by atoms with Crippen molar-refractivity contribution >= 4 is 10.9 Å². The molecule has 2 N–H and O–H groups in total. The molecule has 106 valence electrons. The van der Waals surface area contributed by atoms with Gasteiger partial charge in [-0.1, -0.05) is 31.4 Å². The highest BCUT2D eigenvalue weighted by Crippen LogP contribution is 2.28. The van der Waals surface area contributed by atoms with Crippen LogP contribution < -0.4 is 10.5 Å². The Balaban J connectivity index is 1.81. The third-order valence-corrected chi connectivity index (χ3v) is 4.14. The maximum Gasteiger partial charge on any atom is 0.130 e. The van der Waals surface area contributed by atoms with Crippen LogP contribution >= 0.6 is 0 Å². The van der Waals surface area contributed by atoms with Gasteiger partial charge in [-0.2, -0.15) is 0 Å². The van der Waals surface area contributed by atoms with Crippen molar-refractivity contribution in [2.75, 3.05) is 6.61 Å². The number of fused-ring (bicyclic) bond motifs is 1. The van der Waals surface area contributed by atoms with Gasteiger partial charge in [-0.3, -0.25) is 4.98 Å². The SMILES string of the molecule is NCc1cc(OCC2CCCCC2)c2ccccc2n1. The first-order chi connectivity index (χ1) is 9.86. The first-order valence-corrected chi connectivity index (χ1v) is 7.58. The molecule has 1 aliphatic carbocycles. The minimum atomic E-state index is 0.449. The van der Waals surface area contributed by atoms with E-state index in [0.29, 0.717) is 12.5 Å². The Morgan fingerprint density at radius 3 is 2.75 bits per heavy atom. The smallest absolute Gasteiger partial charge is 0.130 e. The molecule has 1 aromatic heterocycles. The lowest BCUT2D eigenvalue weighted by molar-refractivity contribution is 0.210. The molecule has 3 heteroatoms. The van der Waals surface area contributed by atoms with Crippen LogP contribution in [0.4, 0.5) is 0 Å². The fraction of sp³-hybridized carbons (Fsp3) is 0.471. The number of ether oxygens (including phenoxy) is 1. The maximum atomic E-state index is 6.11. The summed E-state index contributed by atoms with van der Waals surface area (Å²) < 4.78 is 6.11. The van der Waals surface area contributed by atoms with E-state index in [0.717, 1.165) is 29.0 Å². The summed E-state index contributed by atoms with van der Waals surface area (Å²) in [7, 11) is 0. The van der Waals surface area contributed by atoms with Gasteiger partial charge in [0.1, 0.15) is 5.75 Å². The molecule has 0 bridgehead atoms. The minimum Gasteiger partial charge on any atom is -0.493 e. The summed E-state index contributed by atoms with van der Waals surface area (Å²) in [6.07, 6.45) is 6.67. The number of aromatic nitrogens is 1. The van der Waals surface area contributed by atoms with Gasteiger partial charge in [0.05, 0.1) is 17.8 Å². The number of nitrogens with two attached hydrogens (primary N) is 1. The Kier molecular flexibility index (Phi) is 4.16. The first kappa shape index (κ1) is 13.4. The molecule has 0 aliphatic heterocycles. The van der Waals surface area contributed by atoms with Crippen LogP contribution in [0, 0.1) is 5.92 Å². The van der Waals surface area contributed by atoms with Gasteiger partial charge in [0.2, 0.25) is 0 Å². The molecular formula is C17H22N2O. The van der Waals surface area contributed by atoms with E-state index in [2.05, 4.69) is 11.1 Å². The van der Waals surface area contributed by atoms with E-state index < -0.39 is 0 Å². The van der Waals surface area contributed by atoms with Gasteiger partial charge in [-0.15, -0.1) is 0 Å². The average molecular weight is 270 g/mol. The predicted octanol–water partition coefficient (Wildman–Crippen LogP) is 3.65. The Morgan fingerprint density at radius 1 is 1.15 bits per heavy atom. The van der Waals surface area contributed by atoms with Crippen molar-refractivity contribution in [2.45, 2.75) is 38.6 Å². The van der Waals surface area contributed by atoms with Gasteiger partial charge in [-0.25, -0.2) is 0 Å². The molecule has 3 rings (SSSR count). The zero-order valence-corrected chi connectivity index (χ0v) is 11.8. The first-order valence-electron chi connectivity index (χ1n) is 7.58. The summed E-state index contributed by atoms with van der Waals surface area (Å²) in [5.74, 6) is 1.64. The number of para-hydroxylation sites is 1. The van der Waals surface area contributed by atoms with Crippen molar-refractivity contribution in [3.05, 3.63) is 36.0 Å². The largest absolute Gasteiger partial charge is 0.493 e. The van der Waals surface area contributed by atoms with Crippen LogP contribution in [0.25, 0.3) is 10.9 Å². The van der Waals surface area contributed by atoms with Gasteiger partial charge in [-0.05, 0) is 30.9 Å². The van der Waals surface area contributed by atoms with Crippen LogP contribution in [0.15, 0.2) is 30.3 Å². The van der Waals surface area contributed by atoms with E-state index in [1.54, 1.807) is 0 Å². The maximum absolute atomic E-state index is 6.11. The van der Waals surface area contributed by atoms with Gasteiger partial charge in [0.25, 0.3) is 0 Å². The van der Waals surface area contributed by atoms with E-state index >= 15 is 0 Å². The Labute approximate surface area is 120 Å². The fourth-order valence-corrected chi connectivity index (χ4v) is 2.98. The molecule has 1 saturated carbocycles. The number of benzene rings is 1. The molecule has 0 unspecified atom stereocenters. The quantitative estimate of drug-likeness (QED) is 0.922. The minimum absolute atomic E-state index is 0.449. The van der Waals surface area contributed by atoms with E-state index in [1.165, 1.54) is 32.1 Å². The van der Waals surface area contributed by atoms with Crippen LogP contribution in [0.1, 0.15) is 37.8 Å². The highest BCUT2D eigenvalue weighted by molar-refractivity contribution is 5.85. The van der Waals surface area contributed by atoms with Gasteiger partial charge >= 0.3 is 0 Å². The topological polar surface area (TPSA) is 48.1 Å². The Morgan fingerprint density at radius 2 is 1.95 bits per heavy atom. The van der Waals surface area contributed by atoms with Crippen molar-refractivity contribution in [2.24, 2.45) is 11.7 Å². The molecule has 0 atom stereocenters. The highest BCUT2D eigenvalue weighted by atomic mass is 16.5.